The van der Waals surface area contributed by atoms with Crippen molar-refractivity contribution in [3.05, 3.63) is 29.6 Å². The van der Waals surface area contributed by atoms with E-state index in [4.69, 9.17) is 10.5 Å². The molecule has 0 aliphatic carbocycles. The molecule has 0 saturated carbocycles. The lowest BCUT2D eigenvalue weighted by Gasteiger charge is -2.07. The Balaban J connectivity index is 2.70. The summed E-state index contributed by atoms with van der Waals surface area (Å²) < 4.78 is 18.2. The summed E-state index contributed by atoms with van der Waals surface area (Å²) in [5, 5.41) is 2.48. The maximum Gasteiger partial charge on any atom is 0.234 e. The van der Waals surface area contributed by atoms with Crippen LogP contribution in [-0.4, -0.2) is 19.6 Å². The Kier molecular flexibility index (Phi) is 4.05. The van der Waals surface area contributed by atoms with Gasteiger partial charge in [0, 0.05) is 12.1 Å². The van der Waals surface area contributed by atoms with Crippen LogP contribution < -0.4 is 15.8 Å². The monoisotopic (exact) mass is 212 g/mol. The van der Waals surface area contributed by atoms with E-state index in [2.05, 4.69) is 5.32 Å². The molecular weight excluding hydrogens is 199 g/mol. The summed E-state index contributed by atoms with van der Waals surface area (Å²) in [6, 6.07) is 4.35. The van der Waals surface area contributed by atoms with Crippen LogP contribution in [0.3, 0.4) is 0 Å². The first-order valence-corrected chi connectivity index (χ1v) is 4.46. The highest BCUT2D eigenvalue weighted by Crippen LogP contribution is 2.16. The summed E-state index contributed by atoms with van der Waals surface area (Å²) in [4.78, 5) is 10.9. The lowest BCUT2D eigenvalue weighted by molar-refractivity contribution is -0.119. The third-order valence-corrected chi connectivity index (χ3v) is 1.91. The number of ether oxygens (including phenoxy) is 1. The van der Waals surface area contributed by atoms with Gasteiger partial charge in [0.1, 0.15) is 11.6 Å². The summed E-state index contributed by atoms with van der Waals surface area (Å²) in [6.45, 7) is 0.00462. The van der Waals surface area contributed by atoms with Gasteiger partial charge in [-0.1, -0.05) is 0 Å². The number of amides is 1. The first kappa shape index (κ1) is 11.5. The molecule has 3 N–H and O–H groups in total. The summed E-state index contributed by atoms with van der Waals surface area (Å²) in [5.41, 5.74) is 5.47. The number of benzene rings is 1. The molecule has 1 amide bonds. The average Bonchev–Trinajstić information content (AvgIpc) is 2.27. The highest BCUT2D eigenvalue weighted by molar-refractivity contribution is 5.77. The van der Waals surface area contributed by atoms with Gasteiger partial charge in [0.25, 0.3) is 0 Å². The second-order valence-electron chi connectivity index (χ2n) is 2.94. The van der Waals surface area contributed by atoms with E-state index in [-0.39, 0.29) is 24.8 Å². The maximum atomic E-state index is 13.2. The molecule has 0 aliphatic heterocycles. The third-order valence-electron chi connectivity index (χ3n) is 1.91. The van der Waals surface area contributed by atoms with Gasteiger partial charge in [-0.05, 0) is 18.2 Å². The van der Waals surface area contributed by atoms with E-state index in [1.807, 2.05) is 0 Å². The lowest BCUT2D eigenvalue weighted by Crippen LogP contribution is -2.29. The van der Waals surface area contributed by atoms with E-state index in [0.29, 0.717) is 11.3 Å². The zero-order valence-electron chi connectivity index (χ0n) is 8.42. The molecule has 15 heavy (non-hydrogen) atoms. The molecule has 0 bridgehead atoms. The van der Waals surface area contributed by atoms with E-state index < -0.39 is 0 Å². The van der Waals surface area contributed by atoms with Crippen molar-refractivity contribution in [2.24, 2.45) is 5.73 Å². The number of rotatable bonds is 4. The second-order valence-corrected chi connectivity index (χ2v) is 2.94. The van der Waals surface area contributed by atoms with Crippen molar-refractivity contribution < 1.29 is 13.9 Å². The zero-order chi connectivity index (χ0) is 11.3. The Morgan fingerprint density at radius 1 is 1.60 bits per heavy atom. The van der Waals surface area contributed by atoms with Crippen LogP contribution in [0.2, 0.25) is 0 Å². The van der Waals surface area contributed by atoms with Gasteiger partial charge in [-0.15, -0.1) is 0 Å². The molecule has 4 nitrogen and oxygen atoms in total. The summed E-state index contributed by atoms with van der Waals surface area (Å²) >= 11 is 0. The average molecular weight is 212 g/mol. The van der Waals surface area contributed by atoms with Crippen molar-refractivity contribution in [2.45, 2.75) is 6.54 Å². The number of hydrogen-bond donors (Lipinski definition) is 2. The topological polar surface area (TPSA) is 64.3 Å². The number of methoxy groups -OCH3 is 1. The van der Waals surface area contributed by atoms with Crippen LogP contribution >= 0.6 is 0 Å². The molecule has 1 aromatic carbocycles. The molecular formula is C10H13FN2O2. The molecule has 82 valence electrons. The van der Waals surface area contributed by atoms with Crippen LogP contribution in [0.4, 0.5) is 4.39 Å². The van der Waals surface area contributed by atoms with Crippen LogP contribution in [0, 0.1) is 5.82 Å². The van der Waals surface area contributed by atoms with Crippen LogP contribution in [0.25, 0.3) is 0 Å². The van der Waals surface area contributed by atoms with Crippen molar-refractivity contribution in [1.82, 2.24) is 5.32 Å². The smallest absolute Gasteiger partial charge is 0.234 e. The van der Waals surface area contributed by atoms with Gasteiger partial charge in [-0.2, -0.15) is 0 Å². The van der Waals surface area contributed by atoms with Gasteiger partial charge in [0.15, 0.2) is 0 Å². The number of nitrogens with two attached hydrogens (primary N) is 1. The van der Waals surface area contributed by atoms with Crippen LogP contribution in [0.5, 0.6) is 5.75 Å². The normalized spacial score (nSPS) is 9.80. The van der Waals surface area contributed by atoms with Gasteiger partial charge < -0.3 is 15.8 Å². The molecule has 0 aromatic heterocycles. The fourth-order valence-corrected chi connectivity index (χ4v) is 1.08. The van der Waals surface area contributed by atoms with Crippen molar-refractivity contribution in [3.63, 3.8) is 0 Å². The number of nitrogens with one attached hydrogen (secondary N) is 1. The molecule has 0 aliphatic rings. The maximum absolute atomic E-state index is 13.2. The molecule has 1 rings (SSSR count). The molecule has 0 unspecified atom stereocenters. The minimum atomic E-state index is -0.381. The molecule has 0 saturated heterocycles. The van der Waals surface area contributed by atoms with E-state index in [0.717, 1.165) is 0 Å². The standard InChI is InChI=1S/C10H13FN2O2/c1-15-8-2-3-9(11)7(4-8)6-13-10(14)5-12/h2-4H,5-6,12H2,1H3,(H,13,14). The summed E-state index contributed by atoms with van der Waals surface area (Å²) in [5.74, 6) is -0.154. The fraction of sp³-hybridized carbons (Fsp3) is 0.300. The molecule has 0 atom stereocenters. The SMILES string of the molecule is COc1ccc(F)c(CNC(=O)CN)c1. The predicted octanol–water partition coefficient (Wildman–Crippen LogP) is 0.409. The molecule has 0 spiro atoms. The molecule has 0 heterocycles. The highest BCUT2D eigenvalue weighted by atomic mass is 19.1. The van der Waals surface area contributed by atoms with Crippen LogP contribution in [0.1, 0.15) is 5.56 Å². The number of carbonyl (C=O) groups is 1. The number of carbonyl (C=O) groups excluding carboxylic acids is 1. The predicted molar refractivity (Wildman–Crippen MR) is 53.9 cm³/mol. The van der Waals surface area contributed by atoms with E-state index >= 15 is 0 Å². The summed E-state index contributed by atoms with van der Waals surface area (Å²) in [7, 11) is 1.50. The Bertz CT molecular complexity index is 355. The fourth-order valence-electron chi connectivity index (χ4n) is 1.08. The number of halogens is 1. The van der Waals surface area contributed by atoms with Gasteiger partial charge in [0.05, 0.1) is 13.7 Å². The van der Waals surface area contributed by atoms with Crippen LogP contribution in [-0.2, 0) is 11.3 Å². The molecule has 0 fully saturated rings. The van der Waals surface area contributed by atoms with Crippen LogP contribution in [0.15, 0.2) is 18.2 Å². The minimum Gasteiger partial charge on any atom is -0.497 e. The molecule has 0 radical (unpaired) electrons. The quantitative estimate of drug-likeness (QED) is 0.759. The first-order valence-electron chi connectivity index (χ1n) is 4.46. The lowest BCUT2D eigenvalue weighted by atomic mass is 10.2. The van der Waals surface area contributed by atoms with Gasteiger partial charge in [0.2, 0.25) is 5.91 Å². The number of hydrogen-bond acceptors (Lipinski definition) is 3. The van der Waals surface area contributed by atoms with Gasteiger partial charge in [-0.3, -0.25) is 4.79 Å². The van der Waals surface area contributed by atoms with E-state index in [9.17, 15) is 9.18 Å². The van der Waals surface area contributed by atoms with Crippen molar-refractivity contribution >= 4 is 5.91 Å². The summed E-state index contributed by atoms with van der Waals surface area (Å²) in [6.07, 6.45) is 0. The first-order chi connectivity index (χ1) is 7.17. The van der Waals surface area contributed by atoms with Gasteiger partial charge >= 0.3 is 0 Å². The Morgan fingerprint density at radius 2 is 2.33 bits per heavy atom. The minimum absolute atomic E-state index is 0.106. The van der Waals surface area contributed by atoms with Gasteiger partial charge in [-0.25, -0.2) is 4.39 Å². The van der Waals surface area contributed by atoms with Crippen molar-refractivity contribution in [1.29, 1.82) is 0 Å². The zero-order valence-corrected chi connectivity index (χ0v) is 8.42. The van der Waals surface area contributed by atoms with E-state index in [1.54, 1.807) is 0 Å². The second kappa shape index (κ2) is 5.31. The Hall–Kier alpha value is -1.62. The van der Waals surface area contributed by atoms with Crippen molar-refractivity contribution in [3.8, 4) is 5.75 Å². The third kappa shape index (κ3) is 3.21. The largest absolute Gasteiger partial charge is 0.497 e. The van der Waals surface area contributed by atoms with E-state index in [1.165, 1.54) is 25.3 Å². The van der Waals surface area contributed by atoms with Crippen molar-refractivity contribution in [2.75, 3.05) is 13.7 Å². The Labute approximate surface area is 87.2 Å². The highest BCUT2D eigenvalue weighted by Gasteiger charge is 2.05. The molecule has 5 heteroatoms. The molecule has 1 aromatic rings. The Morgan fingerprint density at radius 3 is 2.93 bits per heavy atom.